The van der Waals surface area contributed by atoms with Crippen molar-refractivity contribution in [1.82, 2.24) is 19.5 Å². The summed E-state index contributed by atoms with van der Waals surface area (Å²) in [5.41, 5.74) is -0.394. The first kappa shape index (κ1) is 10.9. The van der Waals surface area contributed by atoms with Crippen LogP contribution in [0.5, 0.6) is 0 Å². The van der Waals surface area contributed by atoms with Gasteiger partial charge in [-0.3, -0.25) is 14.3 Å². The molecule has 0 atom stereocenters. The summed E-state index contributed by atoms with van der Waals surface area (Å²) in [5.74, 6) is 0. The molecule has 0 saturated carbocycles. The molecule has 6 nitrogen and oxygen atoms in total. The molecule has 0 aromatic carbocycles. The van der Waals surface area contributed by atoms with E-state index in [1.807, 2.05) is 6.92 Å². The lowest BCUT2D eigenvalue weighted by Gasteiger charge is -2.03. The number of imidazole rings is 1. The molecule has 2 aromatic rings. The predicted octanol–water partition coefficient (Wildman–Crippen LogP) is 0.866. The number of aromatic nitrogens is 4. The van der Waals surface area contributed by atoms with Crippen LogP contribution >= 0.6 is 11.6 Å². The molecule has 0 bridgehead atoms. The monoisotopic (exact) mass is 242 g/mol. The fourth-order valence-corrected chi connectivity index (χ4v) is 1.71. The molecular formula is C9H11ClN4O2. The average Bonchev–Trinajstić information content (AvgIpc) is 2.60. The Bertz CT molecular complexity index is 624. The minimum absolute atomic E-state index is 0.108. The second-order valence-corrected chi connectivity index (χ2v) is 3.85. The molecule has 16 heavy (non-hydrogen) atoms. The molecule has 2 heterocycles. The molecule has 2 rings (SSSR count). The lowest BCUT2D eigenvalue weighted by atomic mass is 10.3. The SMILES string of the molecule is CCCCn1c(=O)[nH]c(=O)c2[nH]c(Cl)nc21. The molecule has 0 unspecified atom stereocenters. The van der Waals surface area contributed by atoms with Crippen molar-refractivity contribution >= 4 is 22.8 Å². The molecule has 0 spiro atoms. The number of nitrogens with zero attached hydrogens (tertiary/aromatic N) is 2. The molecule has 0 aliphatic carbocycles. The van der Waals surface area contributed by atoms with E-state index >= 15 is 0 Å². The van der Waals surface area contributed by atoms with Gasteiger partial charge in [-0.1, -0.05) is 13.3 Å². The highest BCUT2D eigenvalue weighted by molar-refractivity contribution is 6.28. The van der Waals surface area contributed by atoms with Crippen molar-refractivity contribution in [2.24, 2.45) is 0 Å². The molecule has 0 fully saturated rings. The van der Waals surface area contributed by atoms with Crippen LogP contribution in [0.15, 0.2) is 9.59 Å². The largest absolute Gasteiger partial charge is 0.330 e. The Morgan fingerprint density at radius 2 is 2.12 bits per heavy atom. The second-order valence-electron chi connectivity index (χ2n) is 3.49. The van der Waals surface area contributed by atoms with Crippen molar-refractivity contribution in [2.45, 2.75) is 26.3 Å². The van der Waals surface area contributed by atoms with E-state index in [0.717, 1.165) is 12.8 Å². The topological polar surface area (TPSA) is 83.5 Å². The maximum Gasteiger partial charge on any atom is 0.330 e. The van der Waals surface area contributed by atoms with Gasteiger partial charge < -0.3 is 4.98 Å². The fourth-order valence-electron chi connectivity index (χ4n) is 1.54. The average molecular weight is 243 g/mol. The Balaban J connectivity index is 2.71. The lowest BCUT2D eigenvalue weighted by molar-refractivity contribution is 0.613. The van der Waals surface area contributed by atoms with Crippen LogP contribution in [0.3, 0.4) is 0 Å². The predicted molar refractivity (Wildman–Crippen MR) is 60.9 cm³/mol. The molecule has 0 saturated heterocycles. The molecule has 86 valence electrons. The van der Waals surface area contributed by atoms with Gasteiger partial charge in [-0.05, 0) is 18.0 Å². The summed E-state index contributed by atoms with van der Waals surface area (Å²) in [4.78, 5) is 31.8. The molecule has 0 aliphatic heterocycles. The Labute approximate surface area is 95.3 Å². The van der Waals surface area contributed by atoms with E-state index in [2.05, 4.69) is 15.0 Å². The first-order chi connectivity index (χ1) is 7.63. The van der Waals surface area contributed by atoms with Gasteiger partial charge in [0.15, 0.2) is 11.2 Å². The van der Waals surface area contributed by atoms with E-state index < -0.39 is 11.2 Å². The molecular weight excluding hydrogens is 232 g/mol. The van der Waals surface area contributed by atoms with E-state index in [4.69, 9.17) is 11.6 Å². The third-order valence-electron chi connectivity index (χ3n) is 2.34. The first-order valence-corrected chi connectivity index (χ1v) is 5.39. The normalized spacial score (nSPS) is 11.1. The van der Waals surface area contributed by atoms with Crippen LogP contribution < -0.4 is 11.2 Å². The number of halogens is 1. The van der Waals surface area contributed by atoms with Gasteiger partial charge in [0.1, 0.15) is 0 Å². The zero-order valence-electron chi connectivity index (χ0n) is 8.71. The van der Waals surface area contributed by atoms with Gasteiger partial charge in [-0.25, -0.2) is 4.79 Å². The summed E-state index contributed by atoms with van der Waals surface area (Å²) in [6, 6.07) is 0. The summed E-state index contributed by atoms with van der Waals surface area (Å²) in [6.07, 6.45) is 1.79. The van der Waals surface area contributed by atoms with Gasteiger partial charge in [0.05, 0.1) is 0 Å². The molecule has 2 aromatic heterocycles. The van der Waals surface area contributed by atoms with Gasteiger partial charge in [-0.15, -0.1) is 0 Å². The molecule has 0 amide bonds. The second kappa shape index (κ2) is 4.13. The van der Waals surface area contributed by atoms with Crippen molar-refractivity contribution < 1.29 is 0 Å². The van der Waals surface area contributed by atoms with Gasteiger partial charge >= 0.3 is 5.69 Å². The number of nitrogens with one attached hydrogen (secondary N) is 2. The minimum Gasteiger partial charge on any atom is -0.323 e. The number of unbranched alkanes of at least 4 members (excludes halogenated alkanes) is 1. The molecule has 7 heteroatoms. The Morgan fingerprint density at radius 3 is 2.81 bits per heavy atom. The quantitative estimate of drug-likeness (QED) is 0.784. The molecule has 2 N–H and O–H groups in total. The minimum atomic E-state index is -0.493. The van der Waals surface area contributed by atoms with Gasteiger partial charge in [-0.2, -0.15) is 4.98 Å². The summed E-state index contributed by atoms with van der Waals surface area (Å²) >= 11 is 5.68. The van der Waals surface area contributed by atoms with Crippen molar-refractivity contribution in [1.29, 1.82) is 0 Å². The lowest BCUT2D eigenvalue weighted by Crippen LogP contribution is -2.30. The van der Waals surface area contributed by atoms with Crippen LogP contribution in [0.1, 0.15) is 19.8 Å². The van der Waals surface area contributed by atoms with E-state index in [1.165, 1.54) is 4.57 Å². The maximum absolute atomic E-state index is 11.6. The fraction of sp³-hybridized carbons (Fsp3) is 0.444. The molecule has 0 radical (unpaired) electrons. The summed E-state index contributed by atoms with van der Waals surface area (Å²) in [5, 5.41) is 0.108. The van der Waals surface area contributed by atoms with E-state index in [-0.39, 0.29) is 10.8 Å². The highest BCUT2D eigenvalue weighted by atomic mass is 35.5. The van der Waals surface area contributed by atoms with Crippen LogP contribution in [-0.4, -0.2) is 19.5 Å². The third kappa shape index (κ3) is 1.76. The van der Waals surface area contributed by atoms with Crippen LogP contribution in [-0.2, 0) is 6.54 Å². The van der Waals surface area contributed by atoms with E-state index in [1.54, 1.807) is 0 Å². The number of hydrogen-bond donors (Lipinski definition) is 2. The number of rotatable bonds is 3. The van der Waals surface area contributed by atoms with Gasteiger partial charge in [0.2, 0.25) is 5.28 Å². The summed E-state index contributed by atoms with van der Waals surface area (Å²) in [6.45, 7) is 2.54. The van der Waals surface area contributed by atoms with E-state index in [9.17, 15) is 9.59 Å². The summed E-state index contributed by atoms with van der Waals surface area (Å²) in [7, 11) is 0. The van der Waals surface area contributed by atoms with Crippen LogP contribution in [0.25, 0.3) is 11.2 Å². The van der Waals surface area contributed by atoms with E-state index in [0.29, 0.717) is 12.2 Å². The number of aryl methyl sites for hydroxylation is 1. The smallest absolute Gasteiger partial charge is 0.323 e. The van der Waals surface area contributed by atoms with Crippen molar-refractivity contribution in [3.8, 4) is 0 Å². The number of H-pyrrole nitrogens is 2. The Kier molecular flexibility index (Phi) is 2.82. The van der Waals surface area contributed by atoms with Crippen LogP contribution in [0, 0.1) is 0 Å². The standard InChI is InChI=1S/C9H11ClN4O2/c1-2-3-4-14-6-5(11-8(10)12-6)7(15)13-9(14)16/h2-4H2,1H3,(H,11,12)(H,13,15,16). The first-order valence-electron chi connectivity index (χ1n) is 5.01. The highest BCUT2D eigenvalue weighted by Crippen LogP contribution is 2.09. The van der Waals surface area contributed by atoms with Crippen LogP contribution in [0.2, 0.25) is 5.28 Å². The Hall–Kier alpha value is -1.56. The maximum atomic E-state index is 11.6. The van der Waals surface area contributed by atoms with Crippen molar-refractivity contribution in [3.05, 3.63) is 26.1 Å². The number of hydrogen-bond acceptors (Lipinski definition) is 3. The summed E-state index contributed by atoms with van der Waals surface area (Å²) < 4.78 is 1.42. The van der Waals surface area contributed by atoms with Gasteiger partial charge in [0, 0.05) is 6.54 Å². The van der Waals surface area contributed by atoms with Crippen molar-refractivity contribution in [2.75, 3.05) is 0 Å². The van der Waals surface area contributed by atoms with Crippen molar-refractivity contribution in [3.63, 3.8) is 0 Å². The molecule has 0 aliphatic rings. The van der Waals surface area contributed by atoms with Crippen LogP contribution in [0.4, 0.5) is 0 Å². The zero-order chi connectivity index (χ0) is 11.7. The Morgan fingerprint density at radius 1 is 1.38 bits per heavy atom. The zero-order valence-corrected chi connectivity index (χ0v) is 9.47. The highest BCUT2D eigenvalue weighted by Gasteiger charge is 2.11. The third-order valence-corrected chi connectivity index (χ3v) is 2.52. The number of fused-ring (bicyclic) bond motifs is 1. The number of aromatic amines is 2. The van der Waals surface area contributed by atoms with Gasteiger partial charge in [0.25, 0.3) is 5.56 Å².